The Labute approximate surface area is 150 Å². The molecular weight excluding hydrogens is 320 g/mol. The van der Waals surface area contributed by atoms with Crippen LogP contribution in [0.15, 0.2) is 54.6 Å². The van der Waals surface area contributed by atoms with Crippen LogP contribution in [0.2, 0.25) is 0 Å². The van der Waals surface area contributed by atoms with Gasteiger partial charge in [0.1, 0.15) is 12.3 Å². The van der Waals surface area contributed by atoms with Crippen LogP contribution >= 0.6 is 11.6 Å². The van der Waals surface area contributed by atoms with Gasteiger partial charge in [0, 0.05) is 11.3 Å². The van der Waals surface area contributed by atoms with Crippen molar-refractivity contribution in [2.45, 2.75) is 13.5 Å². The number of ether oxygens (including phenoxy) is 1. The van der Waals surface area contributed by atoms with Crippen LogP contribution in [0.5, 0.6) is 5.75 Å². The van der Waals surface area contributed by atoms with Crippen molar-refractivity contribution in [3.63, 3.8) is 0 Å². The third-order valence-corrected chi connectivity index (χ3v) is 4.35. The van der Waals surface area contributed by atoms with Gasteiger partial charge in [0.05, 0.1) is 39.2 Å². The minimum absolute atomic E-state index is 0.666. The first-order chi connectivity index (χ1) is 11.6. The molecule has 0 aromatic heterocycles. The fourth-order valence-corrected chi connectivity index (χ4v) is 3.21. The second-order valence-corrected chi connectivity index (χ2v) is 6.66. The number of likely N-dealkylation sites (N-methyl/N-ethyl adjacent to an activating group) is 1. The first-order valence-corrected chi connectivity index (χ1v) is 9.09. The maximum Gasteiger partial charge on any atom is 0.119 e. The molecule has 0 fully saturated rings. The van der Waals surface area contributed by atoms with Gasteiger partial charge >= 0.3 is 0 Å². The van der Waals surface area contributed by atoms with Gasteiger partial charge in [-0.1, -0.05) is 18.2 Å². The van der Waals surface area contributed by atoms with Crippen molar-refractivity contribution in [3.05, 3.63) is 60.2 Å². The molecule has 0 aliphatic heterocycles. The molecule has 0 bridgehead atoms. The van der Waals surface area contributed by atoms with Crippen molar-refractivity contribution in [2.75, 3.05) is 44.5 Å². The molecule has 2 aromatic rings. The minimum atomic E-state index is 0.666. The fraction of sp³-hybridized carbons (Fsp3) is 0.400. The monoisotopic (exact) mass is 347 g/mol. The van der Waals surface area contributed by atoms with Gasteiger partial charge in [0.25, 0.3) is 0 Å². The third kappa shape index (κ3) is 6.06. The Hall–Kier alpha value is -1.71. The number of para-hydroxylation sites is 1. The van der Waals surface area contributed by atoms with Crippen LogP contribution in [0, 0.1) is 0 Å². The number of halogens is 1. The van der Waals surface area contributed by atoms with E-state index < -0.39 is 0 Å². The van der Waals surface area contributed by atoms with Gasteiger partial charge in [0.2, 0.25) is 0 Å². The Balaban J connectivity index is 1.93. The molecule has 1 unspecified atom stereocenters. The van der Waals surface area contributed by atoms with Crippen LogP contribution in [0.25, 0.3) is 0 Å². The first kappa shape index (κ1) is 18.6. The van der Waals surface area contributed by atoms with E-state index in [1.165, 1.54) is 5.56 Å². The number of alkyl halides is 1. The average Bonchev–Trinajstić information content (AvgIpc) is 2.58. The molecule has 0 aliphatic rings. The lowest BCUT2D eigenvalue weighted by Gasteiger charge is -2.34. The van der Waals surface area contributed by atoms with E-state index in [2.05, 4.69) is 48.8 Å². The predicted octanol–water partition coefficient (Wildman–Crippen LogP) is 4.38. The Morgan fingerprint density at radius 3 is 2.33 bits per heavy atom. The average molecular weight is 348 g/mol. The molecule has 1 N–H and O–H groups in total. The molecule has 130 valence electrons. The van der Waals surface area contributed by atoms with E-state index >= 15 is 0 Å². The van der Waals surface area contributed by atoms with Gasteiger partial charge in [-0.15, -0.1) is 11.6 Å². The van der Waals surface area contributed by atoms with Crippen LogP contribution < -0.4 is 10.1 Å². The van der Waals surface area contributed by atoms with E-state index in [9.17, 15) is 0 Å². The zero-order valence-corrected chi connectivity index (χ0v) is 15.4. The summed E-state index contributed by atoms with van der Waals surface area (Å²) in [6.45, 7) is 6.57. The van der Waals surface area contributed by atoms with Crippen LogP contribution in [0.4, 0.5) is 5.69 Å². The molecule has 0 radical (unpaired) electrons. The molecule has 0 saturated heterocycles. The number of anilines is 1. The summed E-state index contributed by atoms with van der Waals surface area (Å²) in [7, 11) is 2.27. The summed E-state index contributed by atoms with van der Waals surface area (Å²) in [4.78, 5) is 0. The Morgan fingerprint density at radius 2 is 1.71 bits per heavy atom. The van der Waals surface area contributed by atoms with Crippen LogP contribution in [-0.2, 0) is 6.54 Å². The van der Waals surface area contributed by atoms with E-state index in [-0.39, 0.29) is 0 Å². The maximum absolute atomic E-state index is 6.06. The smallest absolute Gasteiger partial charge is 0.119 e. The lowest BCUT2D eigenvalue weighted by molar-refractivity contribution is -0.918. The van der Waals surface area contributed by atoms with Crippen LogP contribution in [-0.4, -0.2) is 43.7 Å². The highest BCUT2D eigenvalue weighted by Crippen LogP contribution is 2.17. The molecule has 0 amide bonds. The number of hydrogen-bond donors (Lipinski definition) is 1. The van der Waals surface area contributed by atoms with Gasteiger partial charge < -0.3 is 14.5 Å². The lowest BCUT2D eigenvalue weighted by Crippen LogP contribution is -2.47. The number of quaternary nitrogens is 1. The summed E-state index contributed by atoms with van der Waals surface area (Å²) in [5.74, 6) is 1.59. The highest BCUT2D eigenvalue weighted by Gasteiger charge is 2.21. The summed E-state index contributed by atoms with van der Waals surface area (Å²) < 4.78 is 6.43. The van der Waals surface area contributed by atoms with Crippen molar-refractivity contribution in [1.82, 2.24) is 0 Å². The molecule has 3 nitrogen and oxygen atoms in total. The number of nitrogens with one attached hydrogen (secondary N) is 1. The zero-order chi connectivity index (χ0) is 17.3. The molecule has 0 heterocycles. The topological polar surface area (TPSA) is 21.3 Å². The zero-order valence-electron chi connectivity index (χ0n) is 14.7. The first-order valence-electron chi connectivity index (χ1n) is 8.55. The molecule has 2 rings (SSSR count). The number of rotatable bonds is 10. The van der Waals surface area contributed by atoms with Gasteiger partial charge in [-0.25, -0.2) is 0 Å². The molecule has 2 aromatic carbocycles. The van der Waals surface area contributed by atoms with Gasteiger partial charge in [-0.05, 0) is 43.3 Å². The van der Waals surface area contributed by atoms with Crippen molar-refractivity contribution in [2.24, 2.45) is 0 Å². The Morgan fingerprint density at radius 1 is 1.00 bits per heavy atom. The summed E-state index contributed by atoms with van der Waals surface area (Å²) in [6, 6.07) is 18.7. The van der Waals surface area contributed by atoms with Crippen LogP contribution in [0.1, 0.15) is 12.5 Å². The highest BCUT2D eigenvalue weighted by molar-refractivity contribution is 6.17. The molecule has 1 atom stereocenters. The summed E-state index contributed by atoms with van der Waals surface area (Å²) in [5.41, 5.74) is 2.47. The molecule has 0 aliphatic carbocycles. The van der Waals surface area contributed by atoms with E-state index in [0.717, 1.165) is 42.1 Å². The second kappa shape index (κ2) is 9.55. The molecule has 0 spiro atoms. The van der Waals surface area contributed by atoms with Gasteiger partial charge in [0.15, 0.2) is 0 Å². The summed E-state index contributed by atoms with van der Waals surface area (Å²) >= 11 is 6.06. The lowest BCUT2D eigenvalue weighted by atomic mass is 10.2. The number of hydrogen-bond acceptors (Lipinski definition) is 2. The molecule has 0 saturated carbocycles. The normalized spacial score (nSPS) is 13.3. The third-order valence-electron chi connectivity index (χ3n) is 4.18. The van der Waals surface area contributed by atoms with E-state index in [1.54, 1.807) is 0 Å². The maximum atomic E-state index is 6.06. The summed E-state index contributed by atoms with van der Waals surface area (Å²) in [5, 5.41) is 3.49. The Bertz CT molecular complexity index is 588. The molecular formula is C20H28ClN2O+. The number of benzene rings is 2. The fourth-order valence-electron chi connectivity index (χ4n) is 2.80. The van der Waals surface area contributed by atoms with Crippen LogP contribution in [0.3, 0.4) is 0 Å². The van der Waals surface area contributed by atoms with E-state index in [0.29, 0.717) is 12.5 Å². The minimum Gasteiger partial charge on any atom is -0.494 e. The highest BCUT2D eigenvalue weighted by atomic mass is 35.5. The quantitative estimate of drug-likeness (QED) is 0.508. The van der Waals surface area contributed by atoms with Crippen molar-refractivity contribution in [1.29, 1.82) is 0 Å². The Kier molecular flexibility index (Phi) is 7.41. The summed E-state index contributed by atoms with van der Waals surface area (Å²) in [6.07, 6.45) is 0. The van der Waals surface area contributed by atoms with E-state index in [1.807, 2.05) is 25.1 Å². The van der Waals surface area contributed by atoms with Crippen molar-refractivity contribution < 1.29 is 9.22 Å². The largest absolute Gasteiger partial charge is 0.494 e. The van der Waals surface area contributed by atoms with Crippen molar-refractivity contribution in [3.8, 4) is 5.75 Å². The molecule has 24 heavy (non-hydrogen) atoms. The SMILES string of the molecule is CCOc1ccc(C[N+](C)(CCCl)CCNc2ccccc2)cc1. The van der Waals surface area contributed by atoms with Crippen molar-refractivity contribution >= 4 is 17.3 Å². The predicted molar refractivity (Wildman–Crippen MR) is 103 cm³/mol. The van der Waals surface area contributed by atoms with Gasteiger partial charge in [-0.3, -0.25) is 0 Å². The van der Waals surface area contributed by atoms with Gasteiger partial charge in [-0.2, -0.15) is 0 Å². The molecule has 4 heteroatoms. The van der Waals surface area contributed by atoms with E-state index in [4.69, 9.17) is 16.3 Å². The second-order valence-electron chi connectivity index (χ2n) is 6.28. The number of nitrogens with zero attached hydrogens (tertiary/aromatic N) is 1. The standard InChI is InChI=1S/C20H28ClN2O/c1-3-24-20-11-9-18(10-12-20)17-23(2,15-13-21)16-14-22-19-7-5-4-6-8-19/h4-12,22H,3,13-17H2,1-2H3/q+1.